The van der Waals surface area contributed by atoms with Gasteiger partial charge in [-0.15, -0.1) is 0 Å². The lowest BCUT2D eigenvalue weighted by atomic mass is 9.90. The number of urea groups is 1. The van der Waals surface area contributed by atoms with Crippen molar-refractivity contribution < 1.29 is 18.0 Å². The van der Waals surface area contributed by atoms with Gasteiger partial charge >= 0.3 is 6.03 Å². The van der Waals surface area contributed by atoms with Crippen molar-refractivity contribution in [3.05, 3.63) is 64.7 Å². The lowest BCUT2D eigenvalue weighted by Crippen LogP contribution is -2.45. The number of amides is 3. The summed E-state index contributed by atoms with van der Waals surface area (Å²) in [6, 6.07) is 12.5. The molecule has 0 saturated carbocycles. The molecule has 186 valence electrons. The number of fused-ring (bicyclic) bond motifs is 1. The highest BCUT2D eigenvalue weighted by Crippen LogP contribution is 2.33. The Kier molecular flexibility index (Phi) is 6.19. The van der Waals surface area contributed by atoms with Crippen molar-refractivity contribution in [2.75, 3.05) is 32.8 Å². The van der Waals surface area contributed by atoms with Crippen LogP contribution in [0, 0.1) is 6.92 Å². The van der Waals surface area contributed by atoms with Crippen molar-refractivity contribution in [1.82, 2.24) is 19.4 Å². The van der Waals surface area contributed by atoms with Gasteiger partial charge in [-0.1, -0.05) is 35.9 Å². The first-order valence-corrected chi connectivity index (χ1v) is 13.7. The Morgan fingerprint density at radius 2 is 1.66 bits per heavy atom. The minimum absolute atomic E-state index is 0.142. The maximum absolute atomic E-state index is 13.4. The first kappa shape index (κ1) is 24.0. The van der Waals surface area contributed by atoms with E-state index in [0.29, 0.717) is 32.6 Å². The predicted molar refractivity (Wildman–Crippen MR) is 132 cm³/mol. The van der Waals surface area contributed by atoms with Gasteiger partial charge in [0.05, 0.1) is 11.6 Å². The molecule has 2 saturated heterocycles. The van der Waals surface area contributed by atoms with E-state index in [0.717, 1.165) is 30.4 Å². The Hall–Kier alpha value is -2.75. The number of carbonyl (C=O) groups excluding carboxylic acids is 2. The third-order valence-electron chi connectivity index (χ3n) is 7.50. The van der Waals surface area contributed by atoms with E-state index < -0.39 is 21.6 Å². The largest absolute Gasteiger partial charge is 0.326 e. The van der Waals surface area contributed by atoms with Gasteiger partial charge in [0.2, 0.25) is 10.0 Å². The van der Waals surface area contributed by atoms with Gasteiger partial charge in [0.1, 0.15) is 5.54 Å². The van der Waals surface area contributed by atoms with Gasteiger partial charge in [-0.25, -0.2) is 18.1 Å². The molecule has 3 amide bonds. The van der Waals surface area contributed by atoms with Crippen LogP contribution in [-0.2, 0) is 33.2 Å². The molecule has 2 aromatic rings. The van der Waals surface area contributed by atoms with Gasteiger partial charge < -0.3 is 5.32 Å². The molecule has 0 spiro atoms. The fourth-order valence-corrected chi connectivity index (χ4v) is 6.76. The lowest BCUT2D eigenvalue weighted by Gasteiger charge is -2.26. The van der Waals surface area contributed by atoms with Crippen LogP contribution in [0.4, 0.5) is 4.79 Å². The fraction of sp³-hybridized carbons (Fsp3) is 0.462. The topological polar surface area (TPSA) is 90.0 Å². The van der Waals surface area contributed by atoms with Crippen LogP contribution in [0.3, 0.4) is 0 Å². The molecule has 2 aromatic carbocycles. The Morgan fingerprint density at radius 3 is 2.43 bits per heavy atom. The average molecular weight is 497 g/mol. The molecule has 2 fully saturated rings. The van der Waals surface area contributed by atoms with Crippen LogP contribution in [0.2, 0.25) is 0 Å². The number of carbonyl (C=O) groups is 2. The molecule has 1 aliphatic carbocycles. The summed E-state index contributed by atoms with van der Waals surface area (Å²) < 4.78 is 27.7. The summed E-state index contributed by atoms with van der Waals surface area (Å²) in [5.74, 6) is -0.270. The van der Waals surface area contributed by atoms with Crippen LogP contribution in [0.25, 0.3) is 0 Å². The van der Waals surface area contributed by atoms with Crippen LogP contribution in [0.5, 0.6) is 0 Å². The van der Waals surface area contributed by atoms with E-state index in [2.05, 4.69) is 17.4 Å². The van der Waals surface area contributed by atoms with E-state index in [1.165, 1.54) is 20.3 Å². The smallest absolute Gasteiger partial charge is 0.319 e. The number of hydrogen-bond acceptors (Lipinski definition) is 5. The minimum Gasteiger partial charge on any atom is -0.319 e. The zero-order valence-corrected chi connectivity index (χ0v) is 21.1. The maximum atomic E-state index is 13.4. The number of imide groups is 1. The van der Waals surface area contributed by atoms with Gasteiger partial charge in [0, 0.05) is 26.2 Å². The SMILES string of the molecule is Cc1ccc(S(=O)(=O)N2CCCN(CN3C(=O)NC(C)(c4ccc5c(c4)CCC5)C3=O)CC2)cc1. The van der Waals surface area contributed by atoms with Crippen LogP contribution < -0.4 is 5.32 Å². The zero-order chi connectivity index (χ0) is 24.8. The van der Waals surface area contributed by atoms with Gasteiger partial charge in [-0.2, -0.15) is 4.31 Å². The Morgan fingerprint density at radius 1 is 0.914 bits per heavy atom. The van der Waals surface area contributed by atoms with E-state index in [9.17, 15) is 18.0 Å². The first-order chi connectivity index (χ1) is 16.7. The summed E-state index contributed by atoms with van der Waals surface area (Å²) >= 11 is 0. The fourth-order valence-electron chi connectivity index (χ4n) is 5.29. The summed E-state index contributed by atoms with van der Waals surface area (Å²) in [6.45, 7) is 5.59. The number of sulfonamides is 1. The van der Waals surface area contributed by atoms with Crippen molar-refractivity contribution in [3.63, 3.8) is 0 Å². The molecule has 0 radical (unpaired) electrons. The van der Waals surface area contributed by atoms with Gasteiger partial charge in [-0.05, 0) is 68.4 Å². The number of hydrogen-bond donors (Lipinski definition) is 1. The molecule has 0 aromatic heterocycles. The number of nitrogens with zero attached hydrogens (tertiary/aromatic N) is 3. The second kappa shape index (κ2) is 9.04. The molecular weight excluding hydrogens is 464 g/mol. The second-order valence-corrected chi connectivity index (χ2v) is 11.9. The predicted octanol–water partition coefficient (Wildman–Crippen LogP) is 2.60. The van der Waals surface area contributed by atoms with Crippen LogP contribution in [-0.4, -0.2) is 67.3 Å². The summed E-state index contributed by atoms with van der Waals surface area (Å²) in [6.07, 6.45) is 3.80. The Balaban J connectivity index is 1.27. The first-order valence-electron chi connectivity index (χ1n) is 12.2. The maximum Gasteiger partial charge on any atom is 0.326 e. The number of benzene rings is 2. The lowest BCUT2D eigenvalue weighted by molar-refractivity contribution is -0.132. The highest BCUT2D eigenvalue weighted by molar-refractivity contribution is 7.89. The molecule has 1 atom stereocenters. The van der Waals surface area contributed by atoms with E-state index in [1.54, 1.807) is 31.2 Å². The van der Waals surface area contributed by atoms with Crippen molar-refractivity contribution in [2.24, 2.45) is 0 Å². The van der Waals surface area contributed by atoms with Gasteiger partial charge in [-0.3, -0.25) is 9.69 Å². The number of rotatable bonds is 5. The highest BCUT2D eigenvalue weighted by atomic mass is 32.2. The molecule has 2 heterocycles. The molecule has 0 bridgehead atoms. The molecule has 5 rings (SSSR count). The molecule has 3 aliphatic rings. The van der Waals surface area contributed by atoms with E-state index in [-0.39, 0.29) is 17.5 Å². The van der Waals surface area contributed by atoms with E-state index >= 15 is 0 Å². The Labute approximate surface area is 206 Å². The number of nitrogens with one attached hydrogen (secondary N) is 1. The van der Waals surface area contributed by atoms with Crippen LogP contribution in [0.15, 0.2) is 47.4 Å². The molecule has 8 nitrogen and oxygen atoms in total. The second-order valence-electron chi connectivity index (χ2n) is 9.96. The normalized spacial score (nSPS) is 23.9. The third-order valence-corrected chi connectivity index (χ3v) is 9.41. The van der Waals surface area contributed by atoms with Crippen molar-refractivity contribution in [1.29, 1.82) is 0 Å². The van der Waals surface area contributed by atoms with Crippen molar-refractivity contribution in [2.45, 2.75) is 50.0 Å². The van der Waals surface area contributed by atoms with E-state index in [1.807, 2.05) is 17.9 Å². The highest BCUT2D eigenvalue weighted by Gasteiger charge is 2.49. The monoisotopic (exact) mass is 496 g/mol. The summed E-state index contributed by atoms with van der Waals surface area (Å²) in [4.78, 5) is 29.8. The summed E-state index contributed by atoms with van der Waals surface area (Å²) in [5.41, 5.74) is 3.30. The van der Waals surface area contributed by atoms with Crippen molar-refractivity contribution >= 4 is 22.0 Å². The van der Waals surface area contributed by atoms with Gasteiger partial charge in [0.25, 0.3) is 5.91 Å². The van der Waals surface area contributed by atoms with Crippen LogP contribution in [0.1, 0.15) is 42.0 Å². The Bertz CT molecular complexity index is 1260. The standard InChI is InChI=1S/C26H32N4O4S/c1-19-7-11-23(12-8-19)35(33,34)29-14-4-13-28(15-16-29)18-30-24(31)26(2,27-25(30)32)22-10-9-20-5-3-6-21(20)17-22/h7-12,17H,3-6,13-16,18H2,1-2H3,(H,27,32). The molecule has 9 heteroatoms. The average Bonchev–Trinajstić information content (AvgIpc) is 3.28. The molecule has 35 heavy (non-hydrogen) atoms. The number of aryl methyl sites for hydroxylation is 3. The molecule has 1 N–H and O–H groups in total. The van der Waals surface area contributed by atoms with Gasteiger partial charge in [0.15, 0.2) is 0 Å². The molecular formula is C26H32N4O4S. The quantitative estimate of drug-likeness (QED) is 0.643. The molecule has 1 unspecified atom stereocenters. The van der Waals surface area contributed by atoms with Crippen LogP contribution >= 0.6 is 0 Å². The minimum atomic E-state index is -3.59. The van der Waals surface area contributed by atoms with E-state index in [4.69, 9.17) is 0 Å². The summed E-state index contributed by atoms with van der Waals surface area (Å²) in [5, 5.41) is 2.91. The van der Waals surface area contributed by atoms with Crippen molar-refractivity contribution in [3.8, 4) is 0 Å². The third kappa shape index (κ3) is 4.37. The summed E-state index contributed by atoms with van der Waals surface area (Å²) in [7, 11) is -3.59. The zero-order valence-electron chi connectivity index (χ0n) is 20.3. The molecule has 2 aliphatic heterocycles.